The minimum Gasteiger partial charge on any atom is -0.488 e. The Morgan fingerprint density at radius 3 is 2.70 bits per heavy atom. The predicted octanol–water partition coefficient (Wildman–Crippen LogP) is 4.34. The summed E-state index contributed by atoms with van der Waals surface area (Å²) < 4.78 is 22.2. The highest BCUT2D eigenvalue weighted by atomic mass is 35.5. The fourth-order valence-electron chi connectivity index (χ4n) is 4.79. The topological polar surface area (TPSA) is 117 Å². The van der Waals surface area contributed by atoms with Gasteiger partial charge in [-0.3, -0.25) is 14.3 Å². The van der Waals surface area contributed by atoms with Crippen molar-refractivity contribution >= 4 is 29.1 Å². The van der Waals surface area contributed by atoms with Crippen molar-refractivity contribution in [3.05, 3.63) is 99.5 Å². The van der Waals surface area contributed by atoms with Crippen LogP contribution in [0.15, 0.2) is 60.7 Å². The second-order valence-corrected chi connectivity index (χ2v) is 9.92. The van der Waals surface area contributed by atoms with E-state index in [1.807, 2.05) is 6.92 Å². The van der Waals surface area contributed by atoms with E-state index in [1.165, 1.54) is 35.2 Å². The van der Waals surface area contributed by atoms with Crippen LogP contribution in [-0.4, -0.2) is 43.3 Å². The van der Waals surface area contributed by atoms with Gasteiger partial charge in [-0.1, -0.05) is 41.9 Å². The fourth-order valence-corrected chi connectivity index (χ4v) is 5.06. The van der Waals surface area contributed by atoms with Gasteiger partial charge in [0, 0.05) is 46.6 Å². The van der Waals surface area contributed by atoms with Crippen LogP contribution in [0.3, 0.4) is 0 Å². The van der Waals surface area contributed by atoms with Gasteiger partial charge in [-0.2, -0.15) is 5.10 Å². The number of fused-ring (bicyclic) bond motifs is 3. The Morgan fingerprint density at radius 2 is 1.95 bits per heavy atom. The number of aliphatic hydroxyl groups is 2. The number of halogens is 2. The number of ether oxygens (including phenoxy) is 1. The Kier molecular flexibility index (Phi) is 7.57. The Labute approximate surface area is 234 Å². The summed E-state index contributed by atoms with van der Waals surface area (Å²) in [6, 6.07) is 15.6. The van der Waals surface area contributed by atoms with Gasteiger partial charge in [0.2, 0.25) is 5.91 Å². The molecule has 3 aromatic carbocycles. The molecule has 4 aromatic rings. The molecule has 0 radical (unpaired) electrons. The van der Waals surface area contributed by atoms with Crippen molar-refractivity contribution in [3.63, 3.8) is 0 Å². The lowest BCUT2D eigenvalue weighted by Gasteiger charge is -2.24. The van der Waals surface area contributed by atoms with Crippen LogP contribution in [-0.2, 0) is 25.0 Å². The van der Waals surface area contributed by atoms with Gasteiger partial charge in [-0.15, -0.1) is 0 Å². The first-order valence-corrected chi connectivity index (χ1v) is 12.8. The number of carbonyl (C=O) groups is 2. The molecule has 0 spiro atoms. The van der Waals surface area contributed by atoms with Crippen molar-refractivity contribution in [2.75, 3.05) is 11.9 Å². The molecule has 40 heavy (non-hydrogen) atoms. The van der Waals surface area contributed by atoms with Crippen molar-refractivity contribution in [1.29, 1.82) is 0 Å². The van der Waals surface area contributed by atoms with Crippen LogP contribution in [0, 0.1) is 12.7 Å². The molecule has 9 nitrogen and oxygen atoms in total. The van der Waals surface area contributed by atoms with E-state index < -0.39 is 30.5 Å². The molecular weight excluding hydrogens is 539 g/mol. The molecule has 1 aliphatic heterocycles. The molecule has 0 bridgehead atoms. The maximum absolute atomic E-state index is 14.6. The van der Waals surface area contributed by atoms with Crippen LogP contribution in [0.2, 0.25) is 5.02 Å². The van der Waals surface area contributed by atoms with Crippen LogP contribution in [0.1, 0.15) is 39.0 Å². The third-order valence-corrected chi connectivity index (χ3v) is 6.83. The van der Waals surface area contributed by atoms with Gasteiger partial charge in [-0.05, 0) is 42.8 Å². The Morgan fingerprint density at radius 1 is 1.18 bits per heavy atom. The van der Waals surface area contributed by atoms with Gasteiger partial charge in [0.05, 0.1) is 5.69 Å². The van der Waals surface area contributed by atoms with Crippen LogP contribution < -0.4 is 10.1 Å². The zero-order valence-corrected chi connectivity index (χ0v) is 22.4. The number of aromatic nitrogens is 2. The Balaban J connectivity index is 1.48. The first kappa shape index (κ1) is 27.3. The summed E-state index contributed by atoms with van der Waals surface area (Å²) in [5.74, 6) is -1.02. The van der Waals surface area contributed by atoms with E-state index in [0.717, 1.165) is 5.56 Å². The number of rotatable bonds is 7. The molecule has 0 unspecified atom stereocenters. The molecule has 3 N–H and O–H groups in total. The molecule has 0 saturated heterocycles. The number of carbonyl (C=O) groups excluding carboxylic acids is 2. The van der Waals surface area contributed by atoms with E-state index in [9.17, 15) is 24.2 Å². The number of amides is 2. The third-order valence-electron chi connectivity index (χ3n) is 6.61. The van der Waals surface area contributed by atoms with Crippen molar-refractivity contribution in [1.82, 2.24) is 14.7 Å². The molecule has 0 atom stereocenters. The van der Waals surface area contributed by atoms with Gasteiger partial charge in [0.25, 0.3) is 5.91 Å². The molecule has 206 valence electrons. The van der Waals surface area contributed by atoms with Crippen LogP contribution in [0.5, 0.6) is 5.75 Å². The van der Waals surface area contributed by atoms with E-state index in [4.69, 9.17) is 16.3 Å². The van der Waals surface area contributed by atoms with Crippen LogP contribution >= 0.6 is 11.6 Å². The third kappa shape index (κ3) is 5.42. The molecule has 0 fully saturated rings. The summed E-state index contributed by atoms with van der Waals surface area (Å²) >= 11 is 6.31. The van der Waals surface area contributed by atoms with Crippen molar-refractivity contribution in [2.24, 2.45) is 7.05 Å². The lowest BCUT2D eigenvalue weighted by Crippen LogP contribution is -2.38. The van der Waals surface area contributed by atoms with Crippen LogP contribution in [0.4, 0.5) is 10.1 Å². The minimum absolute atomic E-state index is 0.0790. The number of benzene rings is 3. The van der Waals surface area contributed by atoms with Gasteiger partial charge < -0.3 is 25.2 Å². The monoisotopic (exact) mass is 564 g/mol. The standard InChI is InChI=1S/C29H26ClFN4O5/c1-16-10-19(30)12-21-26-22(15-40-27(16)21)25(33-34(26)2)28(37)35(13-18-6-3-4-9-23(18)31)14-24(36)32-20-8-5-7-17(11-20)29(38)39/h3-12,29,38-39H,13-15H2,1-2H3,(H,32,36). The number of nitrogens with zero attached hydrogens (tertiary/aromatic N) is 3. The highest BCUT2D eigenvalue weighted by Gasteiger charge is 2.32. The summed E-state index contributed by atoms with van der Waals surface area (Å²) in [6.45, 7) is 1.34. The van der Waals surface area contributed by atoms with E-state index >= 15 is 0 Å². The summed E-state index contributed by atoms with van der Waals surface area (Å²) in [7, 11) is 1.71. The van der Waals surface area contributed by atoms with E-state index in [0.29, 0.717) is 33.3 Å². The SMILES string of the molecule is Cc1cc(Cl)cc2c1OCc1c(C(=O)N(CC(=O)Nc3cccc(C(O)O)c3)Cc3ccccc3F)nn(C)c1-2. The highest BCUT2D eigenvalue weighted by Crippen LogP contribution is 2.42. The number of hydrogen-bond donors (Lipinski definition) is 3. The van der Waals surface area contributed by atoms with Crippen molar-refractivity contribution in [2.45, 2.75) is 26.4 Å². The first-order chi connectivity index (χ1) is 19.1. The molecule has 2 heterocycles. The summed E-state index contributed by atoms with van der Waals surface area (Å²) in [4.78, 5) is 28.2. The lowest BCUT2D eigenvalue weighted by molar-refractivity contribution is -0.117. The lowest BCUT2D eigenvalue weighted by atomic mass is 9.99. The van der Waals surface area contributed by atoms with Gasteiger partial charge in [-0.25, -0.2) is 4.39 Å². The Bertz CT molecular complexity index is 1620. The number of anilines is 1. The fraction of sp³-hybridized carbons (Fsp3) is 0.207. The minimum atomic E-state index is -1.71. The molecule has 5 rings (SSSR count). The quantitative estimate of drug-likeness (QED) is 0.287. The molecule has 1 aliphatic rings. The number of hydrogen-bond acceptors (Lipinski definition) is 6. The van der Waals surface area contributed by atoms with Gasteiger partial charge >= 0.3 is 0 Å². The first-order valence-electron chi connectivity index (χ1n) is 12.4. The molecular formula is C29H26ClFN4O5. The van der Waals surface area contributed by atoms with Crippen molar-refractivity contribution in [3.8, 4) is 17.0 Å². The second kappa shape index (κ2) is 11.1. The van der Waals surface area contributed by atoms with Crippen molar-refractivity contribution < 1.29 is 28.9 Å². The largest absolute Gasteiger partial charge is 0.488 e. The highest BCUT2D eigenvalue weighted by molar-refractivity contribution is 6.31. The second-order valence-electron chi connectivity index (χ2n) is 9.49. The molecule has 1 aromatic heterocycles. The maximum atomic E-state index is 14.6. The molecule has 0 saturated carbocycles. The van der Waals surface area contributed by atoms with E-state index in [-0.39, 0.29) is 30.0 Å². The number of nitrogens with one attached hydrogen (secondary N) is 1. The molecule has 11 heteroatoms. The van der Waals surface area contributed by atoms with Crippen LogP contribution in [0.25, 0.3) is 11.3 Å². The smallest absolute Gasteiger partial charge is 0.275 e. The zero-order valence-electron chi connectivity index (χ0n) is 21.7. The average molecular weight is 565 g/mol. The van der Waals surface area contributed by atoms with E-state index in [2.05, 4.69) is 10.4 Å². The summed E-state index contributed by atoms with van der Waals surface area (Å²) in [6.07, 6.45) is -1.71. The average Bonchev–Trinajstić information content (AvgIpc) is 3.25. The molecule has 2 amide bonds. The normalized spacial score (nSPS) is 12.0. The summed E-state index contributed by atoms with van der Waals surface area (Å²) in [5, 5.41) is 26.5. The number of aliphatic hydroxyl groups excluding tert-OH is 1. The van der Waals surface area contributed by atoms with Gasteiger partial charge in [0.15, 0.2) is 12.0 Å². The number of aryl methyl sites for hydroxylation is 2. The Hall–Kier alpha value is -4.25. The zero-order chi connectivity index (χ0) is 28.6. The van der Waals surface area contributed by atoms with E-state index in [1.54, 1.807) is 42.1 Å². The summed E-state index contributed by atoms with van der Waals surface area (Å²) in [5.41, 5.74) is 3.55. The molecule has 0 aliphatic carbocycles. The predicted molar refractivity (Wildman–Crippen MR) is 146 cm³/mol. The van der Waals surface area contributed by atoms with Gasteiger partial charge in [0.1, 0.15) is 24.7 Å². The maximum Gasteiger partial charge on any atom is 0.275 e.